The number of amides is 4. The van der Waals surface area contributed by atoms with Crippen molar-refractivity contribution in [3.05, 3.63) is 76.3 Å². The molecular weight excluding hydrogens is 814 g/mol. The van der Waals surface area contributed by atoms with Crippen molar-refractivity contribution in [2.75, 3.05) is 46.7 Å². The number of imide groups is 1. The highest BCUT2D eigenvalue weighted by Crippen LogP contribution is 2.41. The fourth-order valence-electron chi connectivity index (χ4n) is 7.47. The summed E-state index contributed by atoms with van der Waals surface area (Å²) >= 11 is 11.9. The quantitative estimate of drug-likeness (QED) is 0.0977. The first kappa shape index (κ1) is 43.3. The van der Waals surface area contributed by atoms with Gasteiger partial charge in [0.25, 0.3) is 5.91 Å². The Morgan fingerprint density at radius 3 is 2.41 bits per heavy atom. The second-order valence-corrected chi connectivity index (χ2v) is 16.1. The SMILES string of the molecule is CCc1cc(N2C(=S)N(c3ccc(C#N)c(C(F)(F)F)c3)C(=O)C2(C)C)ccc1OCCC1(F)CCN(CC(=O)Nc2cc(Cl)cc(NC3CCC(=O)NC3=O)c2)CC1. The van der Waals surface area contributed by atoms with E-state index >= 15 is 4.39 Å². The van der Waals surface area contributed by atoms with Gasteiger partial charge in [-0.3, -0.25) is 34.3 Å². The van der Waals surface area contributed by atoms with E-state index < -0.39 is 46.4 Å². The summed E-state index contributed by atoms with van der Waals surface area (Å²) in [5.41, 5.74) is -2.46. The van der Waals surface area contributed by atoms with E-state index in [0.29, 0.717) is 53.8 Å². The van der Waals surface area contributed by atoms with Crippen molar-refractivity contribution in [3.63, 3.8) is 0 Å². The summed E-state index contributed by atoms with van der Waals surface area (Å²) in [6.45, 7) is 5.93. The molecule has 3 aliphatic heterocycles. The molecule has 0 aromatic heterocycles. The molecule has 3 aromatic carbocycles. The van der Waals surface area contributed by atoms with Gasteiger partial charge in [-0.25, -0.2) is 4.39 Å². The molecule has 18 heteroatoms. The van der Waals surface area contributed by atoms with E-state index in [4.69, 9.17) is 28.6 Å². The zero-order valence-electron chi connectivity index (χ0n) is 32.5. The number of nitrogens with zero attached hydrogens (tertiary/aromatic N) is 4. The van der Waals surface area contributed by atoms with E-state index in [1.165, 1.54) is 6.07 Å². The lowest BCUT2D eigenvalue weighted by Crippen LogP contribution is -2.47. The summed E-state index contributed by atoms with van der Waals surface area (Å²) in [7, 11) is 0. The minimum Gasteiger partial charge on any atom is -0.493 e. The Balaban J connectivity index is 1.02. The third-order valence-electron chi connectivity index (χ3n) is 10.7. The van der Waals surface area contributed by atoms with Gasteiger partial charge < -0.3 is 20.3 Å². The average molecular weight is 856 g/mol. The van der Waals surface area contributed by atoms with Gasteiger partial charge in [0.05, 0.1) is 36.0 Å². The third kappa shape index (κ3) is 9.61. The number of nitriles is 1. The number of piperidine rings is 2. The number of rotatable bonds is 12. The molecule has 0 spiro atoms. The van der Waals surface area contributed by atoms with E-state index in [9.17, 15) is 37.6 Å². The summed E-state index contributed by atoms with van der Waals surface area (Å²) in [6, 6.07) is 13.9. The monoisotopic (exact) mass is 855 g/mol. The van der Waals surface area contributed by atoms with Crippen molar-refractivity contribution in [3.8, 4) is 11.8 Å². The van der Waals surface area contributed by atoms with E-state index in [1.807, 2.05) is 11.8 Å². The maximum absolute atomic E-state index is 16.0. The minimum atomic E-state index is -4.82. The summed E-state index contributed by atoms with van der Waals surface area (Å²) in [6.07, 6.45) is -3.29. The van der Waals surface area contributed by atoms with E-state index in [-0.39, 0.29) is 61.4 Å². The fraction of sp³-hybridized carbons (Fsp3) is 0.415. The molecule has 3 aliphatic rings. The number of likely N-dealkylation sites (tertiary alicyclic amines) is 1. The Morgan fingerprint density at radius 1 is 1.05 bits per heavy atom. The first-order valence-corrected chi connectivity index (χ1v) is 19.8. The molecule has 3 saturated heterocycles. The number of anilines is 4. The van der Waals surface area contributed by atoms with Gasteiger partial charge in [0.15, 0.2) is 5.11 Å². The van der Waals surface area contributed by atoms with Crippen LogP contribution in [0.25, 0.3) is 0 Å². The molecule has 0 aliphatic carbocycles. The Kier molecular flexibility index (Phi) is 12.6. The third-order valence-corrected chi connectivity index (χ3v) is 11.3. The minimum absolute atomic E-state index is 0.0316. The molecule has 1 atom stereocenters. The highest BCUT2D eigenvalue weighted by Gasteiger charge is 2.51. The van der Waals surface area contributed by atoms with Crippen LogP contribution in [0.4, 0.5) is 40.3 Å². The number of ether oxygens (including phenoxy) is 1. The van der Waals surface area contributed by atoms with Gasteiger partial charge in [-0.15, -0.1) is 0 Å². The first-order chi connectivity index (χ1) is 27.8. The van der Waals surface area contributed by atoms with Gasteiger partial charge in [0, 0.05) is 48.0 Å². The smallest absolute Gasteiger partial charge is 0.417 e. The van der Waals surface area contributed by atoms with Crippen molar-refractivity contribution in [1.29, 1.82) is 5.26 Å². The Hall–Kier alpha value is -5.31. The van der Waals surface area contributed by atoms with Crippen molar-refractivity contribution >= 4 is 75.3 Å². The van der Waals surface area contributed by atoms with Crippen LogP contribution >= 0.6 is 23.8 Å². The van der Waals surface area contributed by atoms with Gasteiger partial charge in [0.2, 0.25) is 17.7 Å². The number of carbonyl (C=O) groups is 4. The maximum atomic E-state index is 16.0. The second kappa shape index (κ2) is 17.1. The number of hydrogen-bond acceptors (Lipinski definition) is 9. The number of aryl methyl sites for hydroxylation is 1. The van der Waals surface area contributed by atoms with Crippen LogP contribution in [0.1, 0.15) is 69.6 Å². The van der Waals surface area contributed by atoms with Crippen LogP contribution in [0, 0.1) is 11.3 Å². The van der Waals surface area contributed by atoms with Crippen LogP contribution in [0.2, 0.25) is 5.02 Å². The lowest BCUT2D eigenvalue weighted by Gasteiger charge is -2.36. The number of alkyl halides is 4. The molecule has 3 N–H and O–H groups in total. The van der Waals surface area contributed by atoms with Crippen LogP contribution in [0.3, 0.4) is 0 Å². The highest BCUT2D eigenvalue weighted by atomic mass is 35.5. The molecule has 59 heavy (non-hydrogen) atoms. The van der Waals surface area contributed by atoms with Gasteiger partial charge in [-0.05, 0) is 112 Å². The zero-order chi connectivity index (χ0) is 42.9. The number of nitrogens with one attached hydrogen (secondary N) is 3. The lowest BCUT2D eigenvalue weighted by molar-refractivity contribution is -0.138. The topological polar surface area (TPSA) is 147 Å². The van der Waals surface area contributed by atoms with Gasteiger partial charge in [0.1, 0.15) is 23.0 Å². The van der Waals surface area contributed by atoms with Crippen molar-refractivity contribution in [2.45, 2.75) is 82.7 Å². The number of carbonyl (C=O) groups excluding carboxylic acids is 4. The molecule has 3 fully saturated rings. The fourth-order valence-corrected chi connectivity index (χ4v) is 8.23. The predicted molar refractivity (Wildman–Crippen MR) is 218 cm³/mol. The number of benzene rings is 3. The first-order valence-electron chi connectivity index (χ1n) is 19.0. The molecule has 3 heterocycles. The molecule has 12 nitrogen and oxygen atoms in total. The van der Waals surface area contributed by atoms with Crippen molar-refractivity contribution in [2.24, 2.45) is 0 Å². The van der Waals surface area contributed by atoms with Crippen LogP contribution in [0.5, 0.6) is 5.75 Å². The molecule has 3 aromatic rings. The summed E-state index contributed by atoms with van der Waals surface area (Å²) in [5, 5.41) is 17.7. The number of halogens is 5. The zero-order valence-corrected chi connectivity index (χ0v) is 34.0. The molecule has 0 saturated carbocycles. The lowest BCUT2D eigenvalue weighted by atomic mass is 9.90. The molecule has 0 bridgehead atoms. The standard InChI is InChI=1S/C41H42ClF4N7O5S/c1-4-24-17-30(53-38(59)52(37(57)39(53,2)3)29-6-5-25(22-47)31(21-29)41(44,45)46)7-9-33(24)58-16-13-40(43)11-14-51(15-12-40)23-35(55)49-28-19-26(42)18-27(20-28)48-32-8-10-34(54)50-36(32)56/h5-7,9,17-21,32,48H,4,8,10-16,23H2,1-3H3,(H,49,55)(H,50,54,56). The molecule has 6 rings (SSSR count). The molecular formula is C41H42ClF4N7O5S. The van der Waals surface area contributed by atoms with Gasteiger partial charge in [-0.1, -0.05) is 18.5 Å². The Bertz CT molecular complexity index is 2220. The predicted octanol–water partition coefficient (Wildman–Crippen LogP) is 7.14. The van der Waals surface area contributed by atoms with Crippen molar-refractivity contribution < 1.29 is 41.5 Å². The molecule has 1 unspecified atom stereocenters. The Morgan fingerprint density at radius 2 is 1.75 bits per heavy atom. The van der Waals surface area contributed by atoms with Crippen molar-refractivity contribution in [1.82, 2.24) is 10.2 Å². The second-order valence-electron chi connectivity index (χ2n) is 15.3. The van der Waals surface area contributed by atoms with E-state index in [1.54, 1.807) is 61.2 Å². The normalized spacial score (nSPS) is 19.3. The maximum Gasteiger partial charge on any atom is 0.417 e. The van der Waals surface area contributed by atoms with Crippen LogP contribution in [0.15, 0.2) is 54.6 Å². The van der Waals surface area contributed by atoms with Crippen LogP contribution < -0.4 is 30.5 Å². The summed E-state index contributed by atoms with van der Waals surface area (Å²) in [4.78, 5) is 54.7. The average Bonchev–Trinajstić information content (AvgIpc) is 3.34. The molecule has 0 radical (unpaired) electrons. The van der Waals surface area contributed by atoms with Gasteiger partial charge in [-0.2, -0.15) is 18.4 Å². The summed E-state index contributed by atoms with van der Waals surface area (Å²) < 4.78 is 63.3. The Labute approximate surface area is 348 Å². The van der Waals surface area contributed by atoms with E-state index in [2.05, 4.69) is 16.0 Å². The van der Waals surface area contributed by atoms with Crippen LogP contribution in [-0.2, 0) is 31.8 Å². The highest BCUT2D eigenvalue weighted by molar-refractivity contribution is 7.81. The molecule has 4 amide bonds. The molecule has 312 valence electrons. The summed E-state index contributed by atoms with van der Waals surface area (Å²) in [5.74, 6) is -1.12. The number of thiocarbonyl (C=S) groups is 1. The van der Waals surface area contributed by atoms with Crippen LogP contribution in [-0.4, -0.2) is 77.1 Å². The largest absolute Gasteiger partial charge is 0.493 e. The number of hydrogen-bond donors (Lipinski definition) is 3. The van der Waals surface area contributed by atoms with E-state index in [0.717, 1.165) is 22.6 Å². The van der Waals surface area contributed by atoms with Gasteiger partial charge >= 0.3 is 6.18 Å².